The first-order valence-electron chi connectivity index (χ1n) is 6.91. The smallest absolute Gasteiger partial charge is 0.407 e. The van der Waals surface area contributed by atoms with Crippen LogP contribution in [-0.2, 0) is 10.3 Å². The summed E-state index contributed by atoms with van der Waals surface area (Å²) in [5.74, 6) is 0. The van der Waals surface area contributed by atoms with Crippen molar-refractivity contribution in [2.24, 2.45) is 0 Å². The number of carbonyl (C=O) groups is 1. The van der Waals surface area contributed by atoms with Gasteiger partial charge in [-0.3, -0.25) is 0 Å². The van der Waals surface area contributed by atoms with Crippen molar-refractivity contribution in [3.05, 3.63) is 35.4 Å². The summed E-state index contributed by atoms with van der Waals surface area (Å²) in [6.45, 7) is 3.24. The Bertz CT molecular complexity index is 492. The molecule has 1 N–H and O–H groups in total. The highest BCUT2D eigenvalue weighted by atomic mass is 16.5. The van der Waals surface area contributed by atoms with Crippen molar-refractivity contribution < 1.29 is 14.6 Å². The molecule has 4 nitrogen and oxygen atoms in total. The maximum atomic E-state index is 11.0. The summed E-state index contributed by atoms with van der Waals surface area (Å²) in [7, 11) is 0. The van der Waals surface area contributed by atoms with Gasteiger partial charge in [0.25, 0.3) is 0 Å². The first-order valence-corrected chi connectivity index (χ1v) is 6.91. The molecule has 0 saturated carbocycles. The van der Waals surface area contributed by atoms with E-state index < -0.39 is 6.09 Å². The highest BCUT2D eigenvalue weighted by Crippen LogP contribution is 2.50. The predicted octanol–water partition coefficient (Wildman–Crippen LogP) is 3.14. The summed E-state index contributed by atoms with van der Waals surface area (Å²) in [5, 5.41) is 9.05. The zero-order chi connectivity index (χ0) is 13.5. The standard InChI is InChI=1S/C15H19NO3/c1-2-13-11-5-3-4-6-12(11)15(19-13)7-9-16(10-8-15)14(17)18/h3-6,13H,2,7-10H2,1H3,(H,17,18). The third-order valence-corrected chi connectivity index (χ3v) is 4.38. The van der Waals surface area contributed by atoms with Gasteiger partial charge >= 0.3 is 6.09 Å². The Kier molecular flexibility index (Phi) is 2.97. The molecule has 1 spiro atoms. The van der Waals surface area contributed by atoms with Gasteiger partial charge in [0, 0.05) is 13.1 Å². The van der Waals surface area contributed by atoms with E-state index in [2.05, 4.69) is 25.1 Å². The highest BCUT2D eigenvalue weighted by molar-refractivity contribution is 5.65. The van der Waals surface area contributed by atoms with E-state index in [4.69, 9.17) is 9.84 Å². The van der Waals surface area contributed by atoms with Crippen LogP contribution in [0.1, 0.15) is 43.4 Å². The molecule has 2 aliphatic heterocycles. The molecule has 0 radical (unpaired) electrons. The van der Waals surface area contributed by atoms with Crippen molar-refractivity contribution in [3.63, 3.8) is 0 Å². The van der Waals surface area contributed by atoms with E-state index in [-0.39, 0.29) is 11.7 Å². The van der Waals surface area contributed by atoms with Crippen molar-refractivity contribution in [1.82, 2.24) is 4.90 Å². The summed E-state index contributed by atoms with van der Waals surface area (Å²) >= 11 is 0. The minimum atomic E-state index is -0.826. The van der Waals surface area contributed by atoms with E-state index in [0.29, 0.717) is 13.1 Å². The summed E-state index contributed by atoms with van der Waals surface area (Å²) in [6.07, 6.45) is 1.81. The summed E-state index contributed by atoms with van der Waals surface area (Å²) in [6, 6.07) is 8.38. The number of likely N-dealkylation sites (tertiary alicyclic amines) is 1. The maximum absolute atomic E-state index is 11.0. The van der Waals surface area contributed by atoms with Crippen LogP contribution in [0.5, 0.6) is 0 Å². The third-order valence-electron chi connectivity index (χ3n) is 4.38. The number of nitrogens with zero attached hydrogens (tertiary/aromatic N) is 1. The molecule has 1 saturated heterocycles. The second kappa shape index (κ2) is 4.53. The van der Waals surface area contributed by atoms with Crippen LogP contribution in [0.2, 0.25) is 0 Å². The van der Waals surface area contributed by atoms with Gasteiger partial charge in [-0.15, -0.1) is 0 Å². The Morgan fingerprint density at radius 1 is 1.42 bits per heavy atom. The van der Waals surface area contributed by atoms with E-state index in [1.165, 1.54) is 16.0 Å². The molecule has 0 aliphatic carbocycles. The molecular formula is C15H19NO3. The van der Waals surface area contributed by atoms with Gasteiger partial charge in [0.15, 0.2) is 0 Å². The fourth-order valence-corrected chi connectivity index (χ4v) is 3.34. The average Bonchev–Trinajstić information content (AvgIpc) is 2.74. The Labute approximate surface area is 113 Å². The van der Waals surface area contributed by atoms with Crippen LogP contribution in [0.3, 0.4) is 0 Å². The molecule has 1 amide bonds. The number of carboxylic acid groups (broad SMARTS) is 1. The zero-order valence-corrected chi connectivity index (χ0v) is 11.1. The van der Waals surface area contributed by atoms with E-state index in [0.717, 1.165) is 19.3 Å². The van der Waals surface area contributed by atoms with Crippen LogP contribution in [0, 0.1) is 0 Å². The number of benzene rings is 1. The number of hydrogen-bond acceptors (Lipinski definition) is 2. The van der Waals surface area contributed by atoms with E-state index in [1.54, 1.807) is 0 Å². The molecule has 102 valence electrons. The quantitative estimate of drug-likeness (QED) is 0.845. The molecule has 2 aliphatic rings. The normalized spacial score (nSPS) is 24.5. The second-order valence-electron chi connectivity index (χ2n) is 5.37. The second-order valence-corrected chi connectivity index (χ2v) is 5.37. The SMILES string of the molecule is CCC1OC2(CCN(C(=O)O)CC2)c2ccccc21. The lowest BCUT2D eigenvalue weighted by molar-refractivity contribution is -0.107. The molecule has 4 heteroatoms. The van der Waals surface area contributed by atoms with Crippen LogP contribution in [0.4, 0.5) is 4.79 Å². The van der Waals surface area contributed by atoms with Gasteiger partial charge < -0.3 is 14.7 Å². The van der Waals surface area contributed by atoms with Crippen molar-refractivity contribution in [2.45, 2.75) is 37.9 Å². The molecule has 1 aromatic carbocycles. The van der Waals surface area contributed by atoms with Crippen molar-refractivity contribution >= 4 is 6.09 Å². The van der Waals surface area contributed by atoms with Gasteiger partial charge in [-0.05, 0) is 30.4 Å². The van der Waals surface area contributed by atoms with Gasteiger partial charge in [0.1, 0.15) is 0 Å². The maximum Gasteiger partial charge on any atom is 0.407 e. The minimum Gasteiger partial charge on any atom is -0.465 e. The van der Waals surface area contributed by atoms with Gasteiger partial charge in [0.2, 0.25) is 0 Å². The lowest BCUT2D eigenvalue weighted by atomic mass is 9.83. The predicted molar refractivity (Wildman–Crippen MR) is 71.1 cm³/mol. The molecule has 1 atom stereocenters. The Morgan fingerprint density at radius 3 is 2.74 bits per heavy atom. The first kappa shape index (κ1) is 12.5. The molecule has 3 rings (SSSR count). The van der Waals surface area contributed by atoms with Crippen LogP contribution < -0.4 is 0 Å². The van der Waals surface area contributed by atoms with E-state index in [9.17, 15) is 4.79 Å². The van der Waals surface area contributed by atoms with Crippen LogP contribution >= 0.6 is 0 Å². The summed E-state index contributed by atoms with van der Waals surface area (Å²) < 4.78 is 6.32. The zero-order valence-electron chi connectivity index (χ0n) is 11.1. The molecular weight excluding hydrogens is 242 g/mol. The number of ether oxygens (including phenoxy) is 1. The molecule has 2 heterocycles. The van der Waals surface area contributed by atoms with Crippen molar-refractivity contribution in [3.8, 4) is 0 Å². The molecule has 1 aromatic rings. The van der Waals surface area contributed by atoms with Crippen LogP contribution in [0.25, 0.3) is 0 Å². The van der Waals surface area contributed by atoms with Crippen molar-refractivity contribution in [1.29, 1.82) is 0 Å². The van der Waals surface area contributed by atoms with E-state index >= 15 is 0 Å². The lowest BCUT2D eigenvalue weighted by Crippen LogP contribution is -2.44. The molecule has 0 aromatic heterocycles. The van der Waals surface area contributed by atoms with Gasteiger partial charge in [0.05, 0.1) is 11.7 Å². The molecule has 19 heavy (non-hydrogen) atoms. The Balaban J connectivity index is 1.89. The fourth-order valence-electron chi connectivity index (χ4n) is 3.34. The number of piperidine rings is 1. The summed E-state index contributed by atoms with van der Waals surface area (Å²) in [4.78, 5) is 12.5. The first-order chi connectivity index (χ1) is 9.16. The van der Waals surface area contributed by atoms with Crippen LogP contribution in [-0.4, -0.2) is 29.2 Å². The largest absolute Gasteiger partial charge is 0.465 e. The number of rotatable bonds is 1. The fraction of sp³-hybridized carbons (Fsp3) is 0.533. The lowest BCUT2D eigenvalue weighted by Gasteiger charge is -2.38. The monoisotopic (exact) mass is 261 g/mol. The molecule has 0 bridgehead atoms. The molecule has 1 fully saturated rings. The van der Waals surface area contributed by atoms with Crippen molar-refractivity contribution in [2.75, 3.05) is 13.1 Å². The Morgan fingerprint density at radius 2 is 2.11 bits per heavy atom. The third kappa shape index (κ3) is 1.91. The number of amides is 1. The topological polar surface area (TPSA) is 49.8 Å². The average molecular weight is 261 g/mol. The van der Waals surface area contributed by atoms with E-state index in [1.807, 2.05) is 6.07 Å². The van der Waals surface area contributed by atoms with Gasteiger partial charge in [-0.2, -0.15) is 0 Å². The number of fused-ring (bicyclic) bond motifs is 2. The highest BCUT2D eigenvalue weighted by Gasteiger charge is 2.46. The summed E-state index contributed by atoms with van der Waals surface area (Å²) in [5.41, 5.74) is 2.30. The van der Waals surface area contributed by atoms with Gasteiger partial charge in [-0.1, -0.05) is 31.2 Å². The Hall–Kier alpha value is -1.55. The number of hydrogen-bond donors (Lipinski definition) is 1. The van der Waals surface area contributed by atoms with Gasteiger partial charge in [-0.25, -0.2) is 4.79 Å². The molecule has 1 unspecified atom stereocenters. The minimum absolute atomic E-state index is 0.160. The van der Waals surface area contributed by atoms with Crippen LogP contribution in [0.15, 0.2) is 24.3 Å².